The topological polar surface area (TPSA) is 54.9 Å². The van der Waals surface area contributed by atoms with Crippen LogP contribution in [-0.2, 0) is 5.75 Å². The molecule has 0 saturated carbocycles. The van der Waals surface area contributed by atoms with Crippen LogP contribution in [-0.4, -0.2) is 15.9 Å². The maximum atomic E-state index is 12.9. The highest BCUT2D eigenvalue weighted by atomic mass is 35.5. The van der Waals surface area contributed by atoms with Gasteiger partial charge in [0, 0.05) is 11.4 Å². The number of anilines is 1. The monoisotopic (exact) mass is 373 g/mol. The summed E-state index contributed by atoms with van der Waals surface area (Å²) in [5.41, 5.74) is 1.70. The van der Waals surface area contributed by atoms with E-state index in [4.69, 9.17) is 11.6 Å². The number of hydrogen-bond donors (Lipinski definition) is 1. The summed E-state index contributed by atoms with van der Waals surface area (Å²) in [7, 11) is 0. The van der Waals surface area contributed by atoms with Gasteiger partial charge in [-0.3, -0.25) is 4.79 Å². The van der Waals surface area contributed by atoms with Gasteiger partial charge < -0.3 is 5.32 Å². The number of rotatable bonds is 5. The van der Waals surface area contributed by atoms with Crippen LogP contribution in [0.2, 0.25) is 5.02 Å². The Kier molecular flexibility index (Phi) is 5.63. The van der Waals surface area contributed by atoms with Crippen molar-refractivity contribution >= 4 is 35.0 Å². The van der Waals surface area contributed by atoms with Crippen molar-refractivity contribution in [1.29, 1.82) is 0 Å². The molecule has 0 spiro atoms. The first-order valence-corrected chi connectivity index (χ1v) is 8.74. The number of carbonyl (C=O) groups excluding carboxylic acids is 1. The van der Waals surface area contributed by atoms with Crippen molar-refractivity contribution in [3.8, 4) is 0 Å². The number of hydrogen-bond acceptors (Lipinski definition) is 4. The molecule has 3 aromatic rings. The summed E-state index contributed by atoms with van der Waals surface area (Å²) in [4.78, 5) is 20.7. The Morgan fingerprint density at radius 3 is 2.56 bits per heavy atom. The minimum atomic E-state index is -0.401. The first-order chi connectivity index (χ1) is 12.1. The van der Waals surface area contributed by atoms with Gasteiger partial charge in [-0.15, -0.1) is 0 Å². The first kappa shape index (κ1) is 17.4. The maximum Gasteiger partial charge on any atom is 0.275 e. The van der Waals surface area contributed by atoms with E-state index in [1.54, 1.807) is 24.3 Å². The zero-order chi connectivity index (χ0) is 17.6. The summed E-state index contributed by atoms with van der Waals surface area (Å²) in [6.45, 7) is 0. The Morgan fingerprint density at radius 2 is 1.84 bits per heavy atom. The highest BCUT2D eigenvalue weighted by Gasteiger charge is 2.14. The van der Waals surface area contributed by atoms with Gasteiger partial charge in [-0.2, -0.15) is 0 Å². The summed E-state index contributed by atoms with van der Waals surface area (Å²) in [5, 5.41) is 3.34. The Balaban J connectivity index is 1.71. The number of amides is 1. The molecule has 2 aromatic carbocycles. The molecule has 1 heterocycles. The second-order valence-electron chi connectivity index (χ2n) is 5.08. The largest absolute Gasteiger partial charge is 0.321 e. The number of thioether (sulfide) groups is 1. The molecule has 4 nitrogen and oxygen atoms in total. The van der Waals surface area contributed by atoms with Crippen molar-refractivity contribution in [1.82, 2.24) is 9.97 Å². The molecule has 0 atom stereocenters. The molecule has 25 heavy (non-hydrogen) atoms. The normalized spacial score (nSPS) is 10.5. The van der Waals surface area contributed by atoms with Crippen molar-refractivity contribution in [3.63, 3.8) is 0 Å². The fourth-order valence-electron chi connectivity index (χ4n) is 2.02. The fourth-order valence-corrected chi connectivity index (χ4v) is 2.97. The molecular weight excluding hydrogens is 361 g/mol. The number of nitrogens with zero attached hydrogens (tertiary/aromatic N) is 2. The molecular formula is C18H13ClFN3OS. The fraction of sp³-hybridized carbons (Fsp3) is 0.0556. The highest BCUT2D eigenvalue weighted by molar-refractivity contribution is 7.98. The minimum Gasteiger partial charge on any atom is -0.321 e. The molecule has 0 saturated heterocycles. The lowest BCUT2D eigenvalue weighted by Crippen LogP contribution is -2.15. The summed E-state index contributed by atoms with van der Waals surface area (Å²) in [6, 6.07) is 15.2. The number of halogens is 2. The van der Waals surface area contributed by atoms with E-state index < -0.39 is 5.91 Å². The van der Waals surface area contributed by atoms with Crippen molar-refractivity contribution in [2.75, 3.05) is 5.32 Å². The average Bonchev–Trinajstić information content (AvgIpc) is 2.63. The molecule has 1 N–H and O–H groups in total. The molecule has 1 amide bonds. The Morgan fingerprint density at radius 1 is 1.12 bits per heavy atom. The number of benzene rings is 2. The van der Waals surface area contributed by atoms with Crippen LogP contribution in [0.1, 0.15) is 16.1 Å². The predicted molar refractivity (Wildman–Crippen MR) is 97.4 cm³/mol. The average molecular weight is 374 g/mol. The number of para-hydroxylation sites is 1. The standard InChI is InChI=1S/C18H13ClFN3OS/c19-15-10-21-18(25-11-12-6-8-13(20)9-7-12)23-16(15)17(24)22-14-4-2-1-3-5-14/h1-10H,11H2,(H,22,24). The van der Waals surface area contributed by atoms with Gasteiger partial charge in [-0.25, -0.2) is 14.4 Å². The summed E-state index contributed by atoms with van der Waals surface area (Å²) < 4.78 is 12.9. The zero-order valence-electron chi connectivity index (χ0n) is 12.9. The summed E-state index contributed by atoms with van der Waals surface area (Å²) in [6.07, 6.45) is 1.40. The van der Waals surface area contributed by atoms with E-state index in [0.29, 0.717) is 16.6 Å². The zero-order valence-corrected chi connectivity index (χ0v) is 14.5. The second kappa shape index (κ2) is 8.09. The van der Waals surface area contributed by atoms with E-state index in [0.717, 1.165) is 5.56 Å². The smallest absolute Gasteiger partial charge is 0.275 e. The number of aromatic nitrogens is 2. The molecule has 0 radical (unpaired) electrons. The second-order valence-corrected chi connectivity index (χ2v) is 6.43. The molecule has 0 aliphatic carbocycles. The van der Waals surface area contributed by atoms with Crippen LogP contribution in [0.25, 0.3) is 0 Å². The van der Waals surface area contributed by atoms with E-state index in [-0.39, 0.29) is 16.5 Å². The van der Waals surface area contributed by atoms with Gasteiger partial charge in [0.05, 0.1) is 11.2 Å². The lowest BCUT2D eigenvalue weighted by molar-refractivity contribution is 0.102. The maximum absolute atomic E-state index is 12.9. The summed E-state index contributed by atoms with van der Waals surface area (Å²) >= 11 is 7.40. The lowest BCUT2D eigenvalue weighted by atomic mass is 10.2. The van der Waals surface area contributed by atoms with Crippen molar-refractivity contribution in [2.45, 2.75) is 10.9 Å². The van der Waals surface area contributed by atoms with Gasteiger partial charge in [-0.05, 0) is 29.8 Å². The Labute approximate surface area is 153 Å². The van der Waals surface area contributed by atoms with Crippen LogP contribution < -0.4 is 5.32 Å². The van der Waals surface area contributed by atoms with E-state index in [1.807, 2.05) is 18.2 Å². The molecule has 7 heteroatoms. The van der Waals surface area contributed by atoms with Crippen LogP contribution in [0, 0.1) is 5.82 Å². The van der Waals surface area contributed by atoms with Crippen LogP contribution >= 0.6 is 23.4 Å². The molecule has 0 aliphatic rings. The third kappa shape index (κ3) is 4.78. The lowest BCUT2D eigenvalue weighted by Gasteiger charge is -2.07. The molecule has 3 rings (SSSR count). The Hall–Kier alpha value is -2.44. The van der Waals surface area contributed by atoms with Crippen molar-refractivity contribution < 1.29 is 9.18 Å². The molecule has 0 unspecified atom stereocenters. The van der Waals surface area contributed by atoms with Gasteiger partial charge in [0.2, 0.25) is 0 Å². The van der Waals surface area contributed by atoms with Crippen molar-refractivity contribution in [3.05, 3.63) is 82.9 Å². The van der Waals surface area contributed by atoms with E-state index in [1.165, 1.54) is 30.1 Å². The molecule has 0 bridgehead atoms. The van der Waals surface area contributed by atoms with Crippen LogP contribution in [0.15, 0.2) is 66.0 Å². The predicted octanol–water partition coefficient (Wildman–Crippen LogP) is 4.81. The molecule has 1 aromatic heterocycles. The van der Waals surface area contributed by atoms with Gasteiger partial charge in [0.25, 0.3) is 5.91 Å². The van der Waals surface area contributed by atoms with Gasteiger partial charge in [-0.1, -0.05) is 53.7 Å². The van der Waals surface area contributed by atoms with Crippen LogP contribution in [0.3, 0.4) is 0 Å². The highest BCUT2D eigenvalue weighted by Crippen LogP contribution is 2.22. The van der Waals surface area contributed by atoms with E-state index in [2.05, 4.69) is 15.3 Å². The molecule has 126 valence electrons. The van der Waals surface area contributed by atoms with E-state index in [9.17, 15) is 9.18 Å². The first-order valence-electron chi connectivity index (χ1n) is 7.38. The third-order valence-corrected chi connectivity index (χ3v) is 4.46. The SMILES string of the molecule is O=C(Nc1ccccc1)c1nc(SCc2ccc(F)cc2)ncc1Cl. The Bertz CT molecular complexity index is 875. The van der Waals surface area contributed by atoms with Gasteiger partial charge >= 0.3 is 0 Å². The third-order valence-electron chi connectivity index (χ3n) is 3.25. The van der Waals surface area contributed by atoms with Gasteiger partial charge in [0.15, 0.2) is 10.9 Å². The van der Waals surface area contributed by atoms with Crippen LogP contribution in [0.5, 0.6) is 0 Å². The van der Waals surface area contributed by atoms with Crippen molar-refractivity contribution in [2.24, 2.45) is 0 Å². The number of nitrogens with one attached hydrogen (secondary N) is 1. The van der Waals surface area contributed by atoms with Crippen LogP contribution in [0.4, 0.5) is 10.1 Å². The molecule has 0 aliphatic heterocycles. The van der Waals surface area contributed by atoms with E-state index >= 15 is 0 Å². The quantitative estimate of drug-likeness (QED) is 0.515. The van der Waals surface area contributed by atoms with Gasteiger partial charge in [0.1, 0.15) is 5.82 Å². The number of carbonyl (C=O) groups is 1. The molecule has 0 fully saturated rings. The minimum absolute atomic E-state index is 0.113. The summed E-state index contributed by atoms with van der Waals surface area (Å²) in [5.74, 6) is -0.125.